The molecule has 0 fully saturated rings. The summed E-state index contributed by atoms with van der Waals surface area (Å²) in [4.78, 5) is 12.4. The minimum atomic E-state index is 0.609. The molecule has 3 nitrogen and oxygen atoms in total. The first-order valence-corrected chi connectivity index (χ1v) is 8.20. The third kappa shape index (κ3) is 4.04. The summed E-state index contributed by atoms with van der Waals surface area (Å²) >= 11 is 1.67. The molecule has 116 valence electrons. The van der Waals surface area contributed by atoms with Gasteiger partial charge in [0.2, 0.25) is 0 Å². The fourth-order valence-electron chi connectivity index (χ4n) is 2.45. The van der Waals surface area contributed by atoms with Crippen LogP contribution in [0, 0.1) is 0 Å². The highest BCUT2D eigenvalue weighted by Crippen LogP contribution is 2.34. The Morgan fingerprint density at radius 1 is 1.23 bits per heavy atom. The van der Waals surface area contributed by atoms with Crippen LogP contribution >= 0.6 is 11.9 Å². The molecule has 0 amide bonds. The van der Waals surface area contributed by atoms with Crippen LogP contribution < -0.4 is 9.62 Å². The van der Waals surface area contributed by atoms with Gasteiger partial charge < -0.3 is 14.4 Å². The SMILES string of the molecule is CC1Cc2cc(SNc3ccccc3)ccc2N1C.CC=O. The Labute approximate surface area is 136 Å². The highest BCUT2D eigenvalue weighted by Gasteiger charge is 2.22. The molecule has 1 atom stereocenters. The topological polar surface area (TPSA) is 32.3 Å². The van der Waals surface area contributed by atoms with Gasteiger partial charge in [0.25, 0.3) is 0 Å². The maximum Gasteiger partial charge on any atom is 0.116 e. The van der Waals surface area contributed by atoms with Gasteiger partial charge in [-0.1, -0.05) is 18.2 Å². The van der Waals surface area contributed by atoms with E-state index in [4.69, 9.17) is 4.79 Å². The molecule has 0 saturated heterocycles. The molecule has 0 aliphatic carbocycles. The number of anilines is 2. The zero-order chi connectivity index (χ0) is 15.9. The van der Waals surface area contributed by atoms with Crippen molar-refractivity contribution in [2.24, 2.45) is 0 Å². The number of rotatable bonds is 3. The average molecular weight is 314 g/mol. The van der Waals surface area contributed by atoms with E-state index >= 15 is 0 Å². The van der Waals surface area contributed by atoms with Crippen LogP contribution in [0.1, 0.15) is 19.4 Å². The Bertz CT molecular complexity index is 616. The smallest absolute Gasteiger partial charge is 0.116 e. The first-order valence-electron chi connectivity index (χ1n) is 7.39. The van der Waals surface area contributed by atoms with E-state index in [1.807, 2.05) is 18.2 Å². The number of nitrogens with zero attached hydrogens (tertiary/aromatic N) is 1. The highest BCUT2D eigenvalue weighted by atomic mass is 32.2. The molecule has 22 heavy (non-hydrogen) atoms. The van der Waals surface area contributed by atoms with E-state index in [-0.39, 0.29) is 0 Å². The Hall–Kier alpha value is -1.94. The fraction of sp³-hybridized carbons (Fsp3) is 0.278. The molecule has 2 aromatic carbocycles. The predicted octanol–water partition coefficient (Wildman–Crippen LogP) is 4.39. The van der Waals surface area contributed by atoms with Crippen LogP contribution in [0.25, 0.3) is 0 Å². The minimum absolute atomic E-state index is 0.609. The third-order valence-electron chi connectivity index (χ3n) is 3.67. The van der Waals surface area contributed by atoms with Gasteiger partial charge >= 0.3 is 0 Å². The first kappa shape index (κ1) is 16.4. The lowest BCUT2D eigenvalue weighted by molar-refractivity contribution is -0.106. The summed E-state index contributed by atoms with van der Waals surface area (Å²) in [7, 11) is 2.17. The van der Waals surface area contributed by atoms with Crippen LogP contribution in [0.4, 0.5) is 11.4 Å². The molecule has 0 aromatic heterocycles. The van der Waals surface area contributed by atoms with E-state index in [2.05, 4.69) is 53.9 Å². The van der Waals surface area contributed by atoms with E-state index in [0.717, 1.165) is 18.4 Å². The summed E-state index contributed by atoms with van der Waals surface area (Å²) in [5, 5.41) is 0. The number of hydrogen-bond donors (Lipinski definition) is 1. The maximum absolute atomic E-state index is 8.81. The molecule has 1 aliphatic heterocycles. The van der Waals surface area contributed by atoms with Crippen molar-refractivity contribution >= 4 is 29.6 Å². The number of carbonyl (C=O) groups excluding carboxylic acids is 1. The summed E-state index contributed by atoms with van der Waals surface area (Å²) in [6.45, 7) is 3.72. The molecule has 2 aromatic rings. The number of likely N-dealkylation sites (N-methyl/N-ethyl adjacent to an activating group) is 1. The van der Waals surface area contributed by atoms with Crippen molar-refractivity contribution in [3.63, 3.8) is 0 Å². The number of aldehydes is 1. The van der Waals surface area contributed by atoms with Crippen molar-refractivity contribution in [3.8, 4) is 0 Å². The maximum atomic E-state index is 8.81. The lowest BCUT2D eigenvalue weighted by Crippen LogP contribution is -2.23. The number of benzene rings is 2. The van der Waals surface area contributed by atoms with Gasteiger partial charge in [-0.3, -0.25) is 0 Å². The van der Waals surface area contributed by atoms with Crippen LogP contribution in [-0.2, 0) is 11.2 Å². The average Bonchev–Trinajstić information content (AvgIpc) is 2.81. The number of carbonyl (C=O) groups is 1. The van der Waals surface area contributed by atoms with Gasteiger partial charge in [-0.15, -0.1) is 0 Å². The van der Waals surface area contributed by atoms with Crippen LogP contribution in [0.15, 0.2) is 53.4 Å². The van der Waals surface area contributed by atoms with Crippen LogP contribution in [0.5, 0.6) is 0 Å². The third-order valence-corrected chi connectivity index (χ3v) is 4.50. The molecular formula is C18H22N2OS. The van der Waals surface area contributed by atoms with Gasteiger partial charge in [0, 0.05) is 29.4 Å². The largest absolute Gasteiger partial charge is 0.371 e. The zero-order valence-electron chi connectivity index (χ0n) is 13.2. The standard InChI is InChI=1S/C16H18N2S.C2H4O/c1-12-10-13-11-15(8-9-16(13)18(12)2)19-17-14-6-4-3-5-7-14;1-2-3/h3-9,11-12,17H,10H2,1-2H3;2H,1H3. The molecule has 0 radical (unpaired) electrons. The van der Waals surface area contributed by atoms with Crippen molar-refractivity contribution in [1.29, 1.82) is 0 Å². The Morgan fingerprint density at radius 3 is 2.59 bits per heavy atom. The molecule has 0 spiro atoms. The quantitative estimate of drug-likeness (QED) is 0.672. The highest BCUT2D eigenvalue weighted by molar-refractivity contribution is 8.00. The Morgan fingerprint density at radius 2 is 1.91 bits per heavy atom. The van der Waals surface area contributed by atoms with Crippen LogP contribution in [0.2, 0.25) is 0 Å². The van der Waals surface area contributed by atoms with E-state index in [0.29, 0.717) is 6.04 Å². The minimum Gasteiger partial charge on any atom is -0.371 e. The lowest BCUT2D eigenvalue weighted by atomic mass is 10.1. The van der Waals surface area contributed by atoms with Crippen LogP contribution in [-0.4, -0.2) is 19.4 Å². The van der Waals surface area contributed by atoms with E-state index in [1.165, 1.54) is 23.1 Å². The molecule has 0 bridgehead atoms. The molecule has 0 saturated carbocycles. The van der Waals surface area contributed by atoms with Crippen molar-refractivity contribution in [1.82, 2.24) is 0 Å². The van der Waals surface area contributed by atoms with Crippen molar-refractivity contribution in [2.75, 3.05) is 16.7 Å². The molecule has 4 heteroatoms. The molecular weight excluding hydrogens is 292 g/mol. The normalized spacial score (nSPS) is 15.6. The molecule has 1 unspecified atom stereocenters. The van der Waals surface area contributed by atoms with Gasteiger partial charge in [0.05, 0.1) is 0 Å². The summed E-state index contributed by atoms with van der Waals surface area (Å²) in [5.74, 6) is 0. The van der Waals surface area contributed by atoms with Crippen LogP contribution in [0.3, 0.4) is 0 Å². The predicted molar refractivity (Wildman–Crippen MR) is 95.7 cm³/mol. The number of nitrogens with one attached hydrogen (secondary N) is 1. The van der Waals surface area contributed by atoms with Crippen molar-refractivity contribution in [2.45, 2.75) is 31.2 Å². The Kier molecular flexibility index (Phi) is 5.90. The molecule has 1 aliphatic rings. The lowest BCUT2D eigenvalue weighted by Gasteiger charge is -2.18. The van der Waals surface area contributed by atoms with E-state index < -0.39 is 0 Å². The van der Waals surface area contributed by atoms with Gasteiger partial charge in [-0.05, 0) is 68.1 Å². The second-order valence-corrected chi connectivity index (χ2v) is 6.14. The van der Waals surface area contributed by atoms with Gasteiger partial charge in [-0.25, -0.2) is 0 Å². The summed E-state index contributed by atoms with van der Waals surface area (Å²) < 4.78 is 3.38. The summed E-state index contributed by atoms with van der Waals surface area (Å²) in [6.07, 6.45) is 1.89. The molecule has 3 rings (SSSR count). The zero-order valence-corrected chi connectivity index (χ0v) is 14.1. The number of fused-ring (bicyclic) bond motifs is 1. The monoisotopic (exact) mass is 314 g/mol. The van der Waals surface area contributed by atoms with Gasteiger partial charge in [0.15, 0.2) is 0 Å². The van der Waals surface area contributed by atoms with E-state index in [1.54, 1.807) is 11.9 Å². The molecule has 1 heterocycles. The second-order valence-electron chi connectivity index (χ2n) is 5.26. The molecule has 1 N–H and O–H groups in total. The number of hydrogen-bond acceptors (Lipinski definition) is 4. The number of para-hydroxylation sites is 1. The summed E-state index contributed by atoms with van der Waals surface area (Å²) in [5.41, 5.74) is 3.96. The second kappa shape index (κ2) is 7.90. The first-order chi connectivity index (χ1) is 10.7. The van der Waals surface area contributed by atoms with Gasteiger partial charge in [0.1, 0.15) is 6.29 Å². The fourth-order valence-corrected chi connectivity index (χ4v) is 3.16. The van der Waals surface area contributed by atoms with Gasteiger partial charge in [-0.2, -0.15) is 0 Å². The van der Waals surface area contributed by atoms with Crippen molar-refractivity contribution in [3.05, 3.63) is 54.1 Å². The summed E-state index contributed by atoms with van der Waals surface area (Å²) in [6, 6.07) is 17.6. The Balaban J connectivity index is 0.000000545. The van der Waals surface area contributed by atoms with E-state index in [9.17, 15) is 0 Å². The van der Waals surface area contributed by atoms with Crippen molar-refractivity contribution < 1.29 is 4.79 Å².